The van der Waals surface area contributed by atoms with E-state index in [1.54, 1.807) is 18.3 Å². The predicted molar refractivity (Wildman–Crippen MR) is 106 cm³/mol. The summed E-state index contributed by atoms with van der Waals surface area (Å²) in [5.74, 6) is 0.764. The van der Waals surface area contributed by atoms with Gasteiger partial charge in [-0.05, 0) is 49.1 Å². The number of halogens is 1. The van der Waals surface area contributed by atoms with Crippen molar-refractivity contribution < 1.29 is 9.32 Å². The molecule has 0 saturated carbocycles. The molecule has 0 unspecified atom stereocenters. The van der Waals surface area contributed by atoms with E-state index in [1.165, 1.54) is 19.3 Å². The molecule has 144 valence electrons. The van der Waals surface area contributed by atoms with Crippen molar-refractivity contribution in [1.82, 2.24) is 20.4 Å². The van der Waals surface area contributed by atoms with Crippen LogP contribution in [-0.2, 0) is 6.54 Å². The highest BCUT2D eigenvalue weighted by Crippen LogP contribution is 2.23. The van der Waals surface area contributed by atoms with Gasteiger partial charge in [0.15, 0.2) is 0 Å². The van der Waals surface area contributed by atoms with Crippen LogP contribution in [0.2, 0.25) is 5.02 Å². The van der Waals surface area contributed by atoms with Crippen LogP contribution in [0.3, 0.4) is 0 Å². The fourth-order valence-electron chi connectivity index (χ4n) is 3.19. The van der Waals surface area contributed by atoms with E-state index in [0.717, 1.165) is 30.0 Å². The predicted octanol–water partition coefficient (Wildman–Crippen LogP) is 3.71. The summed E-state index contributed by atoms with van der Waals surface area (Å²) in [5, 5.41) is 7.32. The van der Waals surface area contributed by atoms with Crippen molar-refractivity contribution in [3.05, 3.63) is 59.1 Å². The number of nitrogens with zero attached hydrogens (tertiary/aromatic N) is 4. The molecule has 28 heavy (non-hydrogen) atoms. The minimum Gasteiger partial charge on any atom is -0.357 e. The van der Waals surface area contributed by atoms with Crippen LogP contribution < -0.4 is 10.2 Å². The number of carbonyl (C=O) groups excluding carboxylic acids is 1. The number of benzene rings is 1. The molecule has 8 heteroatoms. The third-order valence-electron chi connectivity index (χ3n) is 4.65. The first-order valence-electron chi connectivity index (χ1n) is 9.27. The zero-order chi connectivity index (χ0) is 19.3. The van der Waals surface area contributed by atoms with Gasteiger partial charge in [0.1, 0.15) is 5.82 Å². The first-order chi connectivity index (χ1) is 13.7. The normalized spacial score (nSPS) is 14.1. The topological polar surface area (TPSA) is 84.2 Å². The lowest BCUT2D eigenvalue weighted by Gasteiger charge is -2.27. The molecule has 3 aromatic rings. The van der Waals surface area contributed by atoms with Gasteiger partial charge in [0.25, 0.3) is 0 Å². The molecule has 1 aliphatic heterocycles. The standard InChI is InChI=1S/C20H20ClN5O2/c21-16-6-4-5-14(11-16)13-23-19(27)20-24-18(25-28-20)15-7-8-22-17(12-15)26-9-2-1-3-10-26/h4-8,11-12H,1-3,9-10,13H2,(H,23,27). The summed E-state index contributed by atoms with van der Waals surface area (Å²) in [6, 6.07) is 11.0. The van der Waals surface area contributed by atoms with Gasteiger partial charge in [-0.1, -0.05) is 28.9 Å². The summed E-state index contributed by atoms with van der Waals surface area (Å²) < 4.78 is 5.15. The minimum atomic E-state index is -0.427. The molecule has 1 saturated heterocycles. The van der Waals surface area contributed by atoms with Crippen LogP contribution in [0.15, 0.2) is 47.1 Å². The number of rotatable bonds is 5. The Morgan fingerprint density at radius 1 is 1.18 bits per heavy atom. The van der Waals surface area contributed by atoms with Crippen LogP contribution >= 0.6 is 11.6 Å². The van der Waals surface area contributed by atoms with E-state index in [1.807, 2.05) is 24.3 Å². The lowest BCUT2D eigenvalue weighted by molar-refractivity contribution is 0.0907. The fourth-order valence-corrected chi connectivity index (χ4v) is 3.40. The molecule has 3 heterocycles. The average molecular weight is 398 g/mol. The van der Waals surface area contributed by atoms with Gasteiger partial charge in [0, 0.05) is 36.4 Å². The van der Waals surface area contributed by atoms with Gasteiger partial charge in [-0.2, -0.15) is 4.98 Å². The first kappa shape index (κ1) is 18.4. The van der Waals surface area contributed by atoms with Crippen LogP contribution in [-0.4, -0.2) is 34.1 Å². The van der Waals surface area contributed by atoms with E-state index in [-0.39, 0.29) is 5.89 Å². The lowest BCUT2D eigenvalue weighted by Crippen LogP contribution is -2.30. The Balaban J connectivity index is 1.44. The average Bonchev–Trinajstić information content (AvgIpc) is 3.23. The Kier molecular flexibility index (Phi) is 5.53. The summed E-state index contributed by atoms with van der Waals surface area (Å²) >= 11 is 5.96. The number of piperidine rings is 1. The number of anilines is 1. The third kappa shape index (κ3) is 4.31. The summed E-state index contributed by atoms with van der Waals surface area (Å²) in [6.07, 6.45) is 5.33. The molecule has 1 amide bonds. The fraction of sp³-hybridized carbons (Fsp3) is 0.300. The summed E-state index contributed by atoms with van der Waals surface area (Å²) in [7, 11) is 0. The molecule has 1 aliphatic rings. The number of hydrogen-bond acceptors (Lipinski definition) is 6. The van der Waals surface area contributed by atoms with Crippen LogP contribution in [0.5, 0.6) is 0 Å². The number of nitrogens with one attached hydrogen (secondary N) is 1. The highest BCUT2D eigenvalue weighted by molar-refractivity contribution is 6.30. The van der Waals surface area contributed by atoms with Gasteiger partial charge in [-0.15, -0.1) is 0 Å². The molecule has 0 radical (unpaired) electrons. The molecular formula is C20H20ClN5O2. The molecule has 7 nitrogen and oxygen atoms in total. The Hall–Kier alpha value is -2.93. The number of hydrogen-bond donors (Lipinski definition) is 1. The van der Waals surface area contributed by atoms with E-state index >= 15 is 0 Å². The van der Waals surface area contributed by atoms with Crippen LogP contribution in [0.4, 0.5) is 5.82 Å². The van der Waals surface area contributed by atoms with Gasteiger partial charge in [0.05, 0.1) is 0 Å². The molecule has 0 bridgehead atoms. The second-order valence-corrected chi connectivity index (χ2v) is 7.12. The van der Waals surface area contributed by atoms with Crippen LogP contribution in [0.25, 0.3) is 11.4 Å². The van der Waals surface area contributed by atoms with Crippen LogP contribution in [0.1, 0.15) is 35.5 Å². The second-order valence-electron chi connectivity index (χ2n) is 6.69. The van der Waals surface area contributed by atoms with Gasteiger partial charge >= 0.3 is 11.8 Å². The van der Waals surface area contributed by atoms with Crippen molar-refractivity contribution in [1.29, 1.82) is 0 Å². The van der Waals surface area contributed by atoms with Crippen molar-refractivity contribution in [2.45, 2.75) is 25.8 Å². The number of carbonyl (C=O) groups is 1. The maximum absolute atomic E-state index is 12.3. The van der Waals surface area contributed by atoms with Crippen molar-refractivity contribution >= 4 is 23.3 Å². The molecule has 1 fully saturated rings. The third-order valence-corrected chi connectivity index (χ3v) is 4.88. The smallest absolute Gasteiger partial charge is 0.316 e. The Morgan fingerprint density at radius 2 is 2.04 bits per heavy atom. The summed E-state index contributed by atoms with van der Waals surface area (Å²) in [5.41, 5.74) is 1.66. The van der Waals surface area contributed by atoms with Gasteiger partial charge in [0.2, 0.25) is 5.82 Å². The highest BCUT2D eigenvalue weighted by atomic mass is 35.5. The Morgan fingerprint density at radius 3 is 2.86 bits per heavy atom. The zero-order valence-corrected chi connectivity index (χ0v) is 16.0. The maximum atomic E-state index is 12.3. The largest absolute Gasteiger partial charge is 0.357 e. The van der Waals surface area contributed by atoms with Gasteiger partial charge < -0.3 is 14.7 Å². The molecule has 4 rings (SSSR count). The van der Waals surface area contributed by atoms with Gasteiger partial charge in [-0.25, -0.2) is 4.98 Å². The highest BCUT2D eigenvalue weighted by Gasteiger charge is 2.18. The minimum absolute atomic E-state index is 0.0756. The molecule has 2 aromatic heterocycles. The van der Waals surface area contributed by atoms with Crippen molar-refractivity contribution in [3.8, 4) is 11.4 Å². The second kappa shape index (κ2) is 8.39. The van der Waals surface area contributed by atoms with E-state index in [2.05, 4.69) is 25.3 Å². The molecule has 0 atom stereocenters. The molecule has 1 N–H and O–H groups in total. The van der Waals surface area contributed by atoms with Crippen LogP contribution in [0, 0.1) is 0 Å². The number of aromatic nitrogens is 3. The molecule has 0 aliphatic carbocycles. The van der Waals surface area contributed by atoms with E-state index in [4.69, 9.17) is 16.1 Å². The monoisotopic (exact) mass is 397 g/mol. The first-order valence-corrected chi connectivity index (χ1v) is 9.64. The Labute approximate surface area is 167 Å². The number of pyridine rings is 1. The quantitative estimate of drug-likeness (QED) is 0.706. The maximum Gasteiger partial charge on any atom is 0.316 e. The van der Waals surface area contributed by atoms with E-state index in [9.17, 15) is 4.79 Å². The molecule has 1 aromatic carbocycles. The Bertz CT molecular complexity index is 968. The summed E-state index contributed by atoms with van der Waals surface area (Å²) in [6.45, 7) is 2.32. The molecular weight excluding hydrogens is 378 g/mol. The van der Waals surface area contributed by atoms with Crippen molar-refractivity contribution in [2.75, 3.05) is 18.0 Å². The SMILES string of the molecule is O=C(NCc1cccc(Cl)c1)c1nc(-c2ccnc(N3CCCCC3)c2)no1. The van der Waals surface area contributed by atoms with E-state index in [0.29, 0.717) is 17.4 Å². The number of amides is 1. The van der Waals surface area contributed by atoms with Crippen molar-refractivity contribution in [2.24, 2.45) is 0 Å². The van der Waals surface area contributed by atoms with Gasteiger partial charge in [-0.3, -0.25) is 4.79 Å². The molecule has 0 spiro atoms. The summed E-state index contributed by atoms with van der Waals surface area (Å²) in [4.78, 5) is 23.2. The van der Waals surface area contributed by atoms with E-state index < -0.39 is 5.91 Å². The lowest BCUT2D eigenvalue weighted by atomic mass is 10.1. The zero-order valence-electron chi connectivity index (χ0n) is 15.3. The van der Waals surface area contributed by atoms with Crippen molar-refractivity contribution in [3.63, 3.8) is 0 Å².